The molecule has 1 aromatic heterocycles. The van der Waals surface area contributed by atoms with Gasteiger partial charge in [-0.15, -0.1) is 10.2 Å². The molecule has 56 valence electrons. The van der Waals surface area contributed by atoms with Gasteiger partial charge in [-0.1, -0.05) is 0 Å². The highest BCUT2D eigenvalue weighted by Gasteiger charge is 2.16. The Balaban J connectivity index is 2.57. The zero-order valence-electron chi connectivity index (χ0n) is 6.03. The quantitative estimate of drug-likeness (QED) is 0.648. The van der Waals surface area contributed by atoms with Crippen LogP contribution in [0, 0.1) is 0 Å². The second-order valence-corrected chi connectivity index (χ2v) is 2.82. The Labute approximate surface area is 58.9 Å². The van der Waals surface area contributed by atoms with E-state index in [1.165, 1.54) is 6.39 Å². The van der Waals surface area contributed by atoms with E-state index in [1.54, 1.807) is 13.8 Å². The van der Waals surface area contributed by atoms with Crippen molar-refractivity contribution in [1.29, 1.82) is 0 Å². The number of hydrogen-bond acceptors (Lipinski definition) is 4. The Morgan fingerprint density at radius 3 is 2.80 bits per heavy atom. The lowest BCUT2D eigenvalue weighted by Crippen LogP contribution is -2.21. The van der Waals surface area contributed by atoms with Gasteiger partial charge in [-0.05, 0) is 13.8 Å². The van der Waals surface area contributed by atoms with Gasteiger partial charge in [0.1, 0.15) is 0 Å². The number of aliphatic hydroxyl groups is 1. The van der Waals surface area contributed by atoms with E-state index < -0.39 is 5.60 Å². The fourth-order valence-corrected chi connectivity index (χ4v) is 0.643. The molecule has 4 heteroatoms. The molecule has 1 aromatic rings. The van der Waals surface area contributed by atoms with Gasteiger partial charge in [0.2, 0.25) is 12.3 Å². The molecule has 0 amide bonds. The van der Waals surface area contributed by atoms with Gasteiger partial charge in [-0.25, -0.2) is 0 Å². The predicted octanol–water partition coefficient (Wildman–Crippen LogP) is 0.383. The fourth-order valence-electron chi connectivity index (χ4n) is 0.643. The van der Waals surface area contributed by atoms with Crippen LogP contribution in [0.4, 0.5) is 0 Å². The molecule has 0 aliphatic rings. The largest absolute Gasteiger partial charge is 0.428 e. The predicted molar refractivity (Wildman–Crippen MR) is 34.3 cm³/mol. The maximum Gasteiger partial charge on any atom is 0.219 e. The monoisotopic (exact) mass is 142 g/mol. The van der Waals surface area contributed by atoms with Gasteiger partial charge in [0.15, 0.2) is 0 Å². The third-order valence-electron chi connectivity index (χ3n) is 0.989. The van der Waals surface area contributed by atoms with Crippen molar-refractivity contribution >= 4 is 0 Å². The first-order chi connectivity index (χ1) is 4.58. The summed E-state index contributed by atoms with van der Waals surface area (Å²) in [5.74, 6) is 0.465. The Kier molecular flexibility index (Phi) is 1.72. The second kappa shape index (κ2) is 2.38. The summed E-state index contributed by atoms with van der Waals surface area (Å²) in [6.07, 6.45) is 1.65. The van der Waals surface area contributed by atoms with Gasteiger partial charge >= 0.3 is 0 Å². The van der Waals surface area contributed by atoms with Gasteiger partial charge < -0.3 is 9.52 Å². The van der Waals surface area contributed by atoms with Crippen LogP contribution in [0.25, 0.3) is 0 Å². The molecule has 1 N–H and O–H groups in total. The van der Waals surface area contributed by atoms with Crippen LogP contribution in [0.3, 0.4) is 0 Å². The van der Waals surface area contributed by atoms with Crippen molar-refractivity contribution in [3.8, 4) is 0 Å². The van der Waals surface area contributed by atoms with Crippen LogP contribution in [0.15, 0.2) is 10.8 Å². The molecule has 4 nitrogen and oxygen atoms in total. The van der Waals surface area contributed by atoms with E-state index in [0.717, 1.165) is 0 Å². The van der Waals surface area contributed by atoms with Crippen molar-refractivity contribution in [2.24, 2.45) is 0 Å². The van der Waals surface area contributed by atoms with Crippen molar-refractivity contribution in [1.82, 2.24) is 10.2 Å². The van der Waals surface area contributed by atoms with Crippen LogP contribution in [-0.2, 0) is 6.42 Å². The van der Waals surface area contributed by atoms with E-state index in [0.29, 0.717) is 12.3 Å². The lowest BCUT2D eigenvalue weighted by Gasteiger charge is -2.12. The maximum atomic E-state index is 9.26. The molecule has 0 bridgehead atoms. The highest BCUT2D eigenvalue weighted by atomic mass is 16.4. The van der Waals surface area contributed by atoms with Crippen LogP contribution in [0.1, 0.15) is 19.7 Å². The summed E-state index contributed by atoms with van der Waals surface area (Å²) in [7, 11) is 0. The molecule has 0 aliphatic carbocycles. The average Bonchev–Trinajstić information content (AvgIpc) is 2.12. The molecule has 0 saturated heterocycles. The average molecular weight is 142 g/mol. The Morgan fingerprint density at radius 1 is 1.70 bits per heavy atom. The highest BCUT2D eigenvalue weighted by molar-refractivity contribution is 4.82. The molecule has 0 aliphatic heterocycles. The summed E-state index contributed by atoms with van der Waals surface area (Å²) in [5.41, 5.74) is -0.771. The highest BCUT2D eigenvalue weighted by Crippen LogP contribution is 2.08. The SMILES string of the molecule is CC(C)(O)Cc1nnco1. The van der Waals surface area contributed by atoms with E-state index in [-0.39, 0.29) is 0 Å². The van der Waals surface area contributed by atoms with Gasteiger partial charge in [0, 0.05) is 0 Å². The standard InChI is InChI=1S/C6H10N2O2/c1-6(2,9)3-5-8-7-4-10-5/h4,9H,3H2,1-2H3. The molecule has 1 rings (SSSR count). The number of nitrogens with zero attached hydrogens (tertiary/aromatic N) is 2. The van der Waals surface area contributed by atoms with E-state index in [9.17, 15) is 5.11 Å². The third-order valence-corrected chi connectivity index (χ3v) is 0.989. The van der Waals surface area contributed by atoms with Gasteiger partial charge in [0.25, 0.3) is 0 Å². The first kappa shape index (κ1) is 7.21. The first-order valence-corrected chi connectivity index (χ1v) is 3.05. The van der Waals surface area contributed by atoms with Crippen molar-refractivity contribution in [2.45, 2.75) is 25.9 Å². The molecule has 0 aromatic carbocycles. The van der Waals surface area contributed by atoms with Crippen LogP contribution >= 0.6 is 0 Å². The van der Waals surface area contributed by atoms with E-state index in [4.69, 9.17) is 4.42 Å². The van der Waals surface area contributed by atoms with Crippen LogP contribution in [0.2, 0.25) is 0 Å². The van der Waals surface area contributed by atoms with Crippen molar-refractivity contribution in [3.63, 3.8) is 0 Å². The topological polar surface area (TPSA) is 59.2 Å². The van der Waals surface area contributed by atoms with Crippen molar-refractivity contribution in [3.05, 3.63) is 12.3 Å². The summed E-state index contributed by atoms with van der Waals surface area (Å²) in [4.78, 5) is 0. The van der Waals surface area contributed by atoms with Crippen LogP contribution in [0.5, 0.6) is 0 Å². The molecule has 10 heavy (non-hydrogen) atoms. The summed E-state index contributed by atoms with van der Waals surface area (Å²) >= 11 is 0. The van der Waals surface area contributed by atoms with Gasteiger partial charge in [-0.3, -0.25) is 0 Å². The lowest BCUT2D eigenvalue weighted by molar-refractivity contribution is 0.0737. The second-order valence-electron chi connectivity index (χ2n) is 2.82. The molecule has 1 heterocycles. The number of hydrogen-bond donors (Lipinski definition) is 1. The molecule has 0 saturated carbocycles. The summed E-state index contributed by atoms with van der Waals surface area (Å²) in [6.45, 7) is 3.38. The Morgan fingerprint density at radius 2 is 2.40 bits per heavy atom. The molecular formula is C6H10N2O2. The van der Waals surface area contributed by atoms with E-state index in [1.807, 2.05) is 0 Å². The summed E-state index contributed by atoms with van der Waals surface area (Å²) in [5, 5.41) is 16.4. The van der Waals surface area contributed by atoms with E-state index >= 15 is 0 Å². The smallest absolute Gasteiger partial charge is 0.219 e. The molecule has 0 fully saturated rings. The third kappa shape index (κ3) is 2.14. The van der Waals surface area contributed by atoms with E-state index in [2.05, 4.69) is 10.2 Å². The molecule has 0 spiro atoms. The minimum Gasteiger partial charge on any atom is -0.428 e. The van der Waals surface area contributed by atoms with Crippen LogP contribution < -0.4 is 0 Å². The zero-order valence-corrected chi connectivity index (χ0v) is 6.03. The lowest BCUT2D eigenvalue weighted by atomic mass is 10.1. The molecule has 0 atom stereocenters. The van der Waals surface area contributed by atoms with Gasteiger partial charge in [0.05, 0.1) is 12.0 Å². The van der Waals surface area contributed by atoms with Crippen molar-refractivity contribution in [2.75, 3.05) is 0 Å². The summed E-state index contributed by atoms with van der Waals surface area (Å²) in [6, 6.07) is 0. The zero-order chi connectivity index (χ0) is 7.61. The number of rotatable bonds is 2. The molecule has 0 unspecified atom stereocenters. The molecular weight excluding hydrogens is 132 g/mol. The Bertz CT molecular complexity index is 188. The number of aromatic nitrogens is 2. The summed E-state index contributed by atoms with van der Waals surface area (Å²) < 4.78 is 4.83. The normalized spacial score (nSPS) is 11.9. The molecule has 0 radical (unpaired) electrons. The van der Waals surface area contributed by atoms with Crippen LogP contribution in [-0.4, -0.2) is 20.9 Å². The van der Waals surface area contributed by atoms with Gasteiger partial charge in [-0.2, -0.15) is 0 Å². The first-order valence-electron chi connectivity index (χ1n) is 3.05. The maximum absolute atomic E-state index is 9.26. The minimum absolute atomic E-state index is 0.396. The van der Waals surface area contributed by atoms with Crippen molar-refractivity contribution < 1.29 is 9.52 Å². The fraction of sp³-hybridized carbons (Fsp3) is 0.667. The minimum atomic E-state index is -0.771. The Hall–Kier alpha value is -0.900.